The monoisotopic (exact) mass is 1040 g/mol. The Labute approximate surface area is 462 Å². The van der Waals surface area contributed by atoms with Crippen LogP contribution in [-0.2, 0) is 28.6 Å². The summed E-state index contributed by atoms with van der Waals surface area (Å²) in [6.07, 6.45) is 86.3. The van der Waals surface area contributed by atoms with E-state index < -0.39 is 6.10 Å². The molecular weight excluding hydrogens is 925 g/mol. The van der Waals surface area contributed by atoms with Crippen LogP contribution in [0.4, 0.5) is 0 Å². The maximum absolute atomic E-state index is 12.9. The Balaban J connectivity index is 4.51. The van der Waals surface area contributed by atoms with E-state index in [1.807, 2.05) is 6.08 Å². The summed E-state index contributed by atoms with van der Waals surface area (Å²) in [4.78, 5) is 38.3. The van der Waals surface area contributed by atoms with E-state index in [2.05, 4.69) is 136 Å². The summed E-state index contributed by atoms with van der Waals surface area (Å²) in [5.41, 5.74) is 0. The zero-order chi connectivity index (χ0) is 54.3. The molecule has 0 aromatic heterocycles. The van der Waals surface area contributed by atoms with Crippen LogP contribution >= 0.6 is 0 Å². The van der Waals surface area contributed by atoms with Gasteiger partial charge >= 0.3 is 17.9 Å². The Hall–Kier alpha value is -4.19. The Bertz CT molecular complexity index is 1570. The molecule has 6 nitrogen and oxygen atoms in total. The minimum atomic E-state index is -0.817. The molecule has 0 unspecified atom stereocenters. The van der Waals surface area contributed by atoms with E-state index in [0.717, 1.165) is 89.9 Å². The van der Waals surface area contributed by atoms with Gasteiger partial charge in [-0.2, -0.15) is 0 Å². The lowest BCUT2D eigenvalue weighted by Crippen LogP contribution is -2.30. The van der Waals surface area contributed by atoms with Crippen molar-refractivity contribution >= 4 is 17.9 Å². The summed E-state index contributed by atoms with van der Waals surface area (Å²) < 4.78 is 16.8. The van der Waals surface area contributed by atoms with Crippen molar-refractivity contribution in [2.75, 3.05) is 13.2 Å². The van der Waals surface area contributed by atoms with Crippen molar-refractivity contribution in [2.24, 2.45) is 0 Å². The van der Waals surface area contributed by atoms with Gasteiger partial charge in [-0.3, -0.25) is 14.4 Å². The van der Waals surface area contributed by atoms with Gasteiger partial charge in [-0.25, -0.2) is 0 Å². The summed E-state index contributed by atoms with van der Waals surface area (Å²) in [5.74, 6) is -1.000. The third kappa shape index (κ3) is 60.6. The predicted molar refractivity (Wildman–Crippen MR) is 325 cm³/mol. The quantitative estimate of drug-likeness (QED) is 0.0261. The minimum absolute atomic E-state index is 0.107. The average molecular weight is 1040 g/mol. The Kier molecular flexibility index (Phi) is 58.9. The number of ether oxygens (including phenoxy) is 3. The van der Waals surface area contributed by atoms with Crippen LogP contribution in [0.2, 0.25) is 0 Å². The molecule has 426 valence electrons. The first-order valence-electron chi connectivity index (χ1n) is 31.0. The van der Waals surface area contributed by atoms with E-state index in [-0.39, 0.29) is 37.5 Å². The van der Waals surface area contributed by atoms with Gasteiger partial charge in [-0.1, -0.05) is 258 Å². The van der Waals surface area contributed by atoms with Crippen molar-refractivity contribution in [3.63, 3.8) is 0 Å². The standard InChI is InChI=1S/C69H114O6/c1-4-7-10-13-16-19-22-25-28-31-34-37-40-43-46-49-52-55-58-61-67(70)73-64-66(75-69(72)63-60-57-54-51-48-45-42-39-36-33-30-27-24-21-18-15-12-9-6-3)65-74-68(71)62-59-56-53-50-47-44-41-38-35-32-29-26-23-20-17-14-11-8-5-2/h7,10,16-21,25-30,34,37,43,46,52,55,66H,4-6,8-9,11-15,22-24,31-33,35-36,38-42,44-45,47-51,53-54,56-65H2,1-3H3/b10-7+,19-16+,20-17+,21-18+,28-25+,29-26+,30-27+,37-34+,46-43+,55-52+/t66-/m0/s1. The van der Waals surface area contributed by atoms with E-state index >= 15 is 0 Å². The van der Waals surface area contributed by atoms with E-state index in [4.69, 9.17) is 14.2 Å². The van der Waals surface area contributed by atoms with E-state index in [1.54, 1.807) is 0 Å². The Morgan fingerprint density at radius 3 is 0.893 bits per heavy atom. The largest absolute Gasteiger partial charge is 0.462 e. The van der Waals surface area contributed by atoms with Crippen molar-refractivity contribution < 1.29 is 28.6 Å². The highest BCUT2D eigenvalue weighted by Gasteiger charge is 2.19. The lowest BCUT2D eigenvalue weighted by Gasteiger charge is -2.18. The van der Waals surface area contributed by atoms with Crippen molar-refractivity contribution in [1.82, 2.24) is 0 Å². The number of rotatable bonds is 55. The van der Waals surface area contributed by atoms with Gasteiger partial charge in [0.1, 0.15) is 13.2 Å². The third-order valence-electron chi connectivity index (χ3n) is 12.9. The van der Waals surface area contributed by atoms with Crippen LogP contribution in [-0.4, -0.2) is 37.2 Å². The summed E-state index contributed by atoms with van der Waals surface area (Å²) in [6.45, 7) is 6.42. The number of carbonyl (C=O) groups is 3. The normalized spacial score (nSPS) is 12.9. The Morgan fingerprint density at radius 2 is 0.547 bits per heavy atom. The van der Waals surface area contributed by atoms with Crippen LogP contribution in [0, 0.1) is 0 Å². The molecule has 0 aliphatic heterocycles. The van der Waals surface area contributed by atoms with Crippen molar-refractivity contribution in [3.05, 3.63) is 122 Å². The molecule has 0 fully saturated rings. The first kappa shape index (κ1) is 70.8. The predicted octanol–water partition coefficient (Wildman–Crippen LogP) is 21.2. The molecular formula is C69H114O6. The summed E-state index contributed by atoms with van der Waals surface area (Å²) in [6, 6.07) is 0. The van der Waals surface area contributed by atoms with Crippen LogP contribution in [0.15, 0.2) is 122 Å². The topological polar surface area (TPSA) is 78.9 Å². The minimum Gasteiger partial charge on any atom is -0.462 e. The summed E-state index contributed by atoms with van der Waals surface area (Å²) in [5, 5.41) is 0. The maximum atomic E-state index is 12.9. The highest BCUT2D eigenvalue weighted by atomic mass is 16.6. The lowest BCUT2D eigenvalue weighted by atomic mass is 10.1. The van der Waals surface area contributed by atoms with Gasteiger partial charge < -0.3 is 14.2 Å². The molecule has 0 aliphatic carbocycles. The van der Waals surface area contributed by atoms with Crippen molar-refractivity contribution in [1.29, 1.82) is 0 Å². The molecule has 6 heteroatoms. The second kappa shape index (κ2) is 62.4. The molecule has 0 amide bonds. The molecule has 0 bridgehead atoms. The molecule has 1 atom stereocenters. The first-order chi connectivity index (χ1) is 37.0. The Morgan fingerprint density at radius 1 is 0.280 bits per heavy atom. The summed E-state index contributed by atoms with van der Waals surface area (Å²) >= 11 is 0. The van der Waals surface area contributed by atoms with Crippen LogP contribution < -0.4 is 0 Å². The molecule has 0 radical (unpaired) electrons. The first-order valence-corrected chi connectivity index (χ1v) is 31.0. The van der Waals surface area contributed by atoms with Crippen molar-refractivity contribution in [2.45, 2.75) is 284 Å². The molecule has 0 aliphatic rings. The highest BCUT2D eigenvalue weighted by molar-refractivity contribution is 5.71. The zero-order valence-corrected chi connectivity index (χ0v) is 48.8. The fraction of sp³-hybridized carbons (Fsp3) is 0.667. The summed E-state index contributed by atoms with van der Waals surface area (Å²) in [7, 11) is 0. The smallest absolute Gasteiger partial charge is 0.306 e. The molecule has 0 rings (SSSR count). The van der Waals surface area contributed by atoms with E-state index in [9.17, 15) is 14.4 Å². The van der Waals surface area contributed by atoms with Gasteiger partial charge in [0.05, 0.1) is 0 Å². The number of hydrogen-bond donors (Lipinski definition) is 0. The van der Waals surface area contributed by atoms with Gasteiger partial charge in [-0.05, 0) is 122 Å². The van der Waals surface area contributed by atoms with Gasteiger partial charge in [0, 0.05) is 19.3 Å². The van der Waals surface area contributed by atoms with Gasteiger partial charge in [0.15, 0.2) is 6.10 Å². The van der Waals surface area contributed by atoms with Crippen LogP contribution in [0.5, 0.6) is 0 Å². The average Bonchev–Trinajstić information content (AvgIpc) is 3.41. The van der Waals surface area contributed by atoms with Gasteiger partial charge in [0.25, 0.3) is 0 Å². The molecule has 0 aromatic carbocycles. The maximum Gasteiger partial charge on any atom is 0.306 e. The number of unbranched alkanes of at least 4 members (excludes halogenated alkanes) is 24. The number of carbonyl (C=O) groups excluding carboxylic acids is 3. The molecule has 0 N–H and O–H groups in total. The SMILES string of the molecule is CC/C=C/C/C=C/C/C=C/C/C=C/C/C=C/C/C=C/CCC(=O)OC[C@@H](COC(=O)CCCCCCCCCCC/C=C/C/C=C/CCCCC)OC(=O)CCCCCCCCCCC/C=C/C/C=C/CCCCC. The molecule has 75 heavy (non-hydrogen) atoms. The zero-order valence-electron chi connectivity index (χ0n) is 48.8. The molecule has 0 saturated heterocycles. The van der Waals surface area contributed by atoms with Crippen molar-refractivity contribution in [3.8, 4) is 0 Å². The van der Waals surface area contributed by atoms with E-state index in [0.29, 0.717) is 19.3 Å². The van der Waals surface area contributed by atoms with E-state index in [1.165, 1.54) is 141 Å². The number of hydrogen-bond acceptors (Lipinski definition) is 6. The molecule has 0 saturated carbocycles. The van der Waals surface area contributed by atoms with Crippen LogP contribution in [0.3, 0.4) is 0 Å². The highest BCUT2D eigenvalue weighted by Crippen LogP contribution is 2.15. The van der Waals surface area contributed by atoms with Crippen LogP contribution in [0.1, 0.15) is 278 Å². The lowest BCUT2D eigenvalue weighted by molar-refractivity contribution is -0.166. The third-order valence-corrected chi connectivity index (χ3v) is 12.9. The number of allylic oxidation sites excluding steroid dienone is 20. The number of esters is 3. The second-order valence-electron chi connectivity index (χ2n) is 20.2. The fourth-order valence-corrected chi connectivity index (χ4v) is 8.29. The van der Waals surface area contributed by atoms with Gasteiger partial charge in [0.2, 0.25) is 0 Å². The molecule has 0 heterocycles. The second-order valence-corrected chi connectivity index (χ2v) is 20.2. The molecule has 0 aromatic rings. The molecule has 0 spiro atoms. The fourth-order valence-electron chi connectivity index (χ4n) is 8.29. The van der Waals surface area contributed by atoms with Gasteiger partial charge in [-0.15, -0.1) is 0 Å². The van der Waals surface area contributed by atoms with Crippen LogP contribution in [0.25, 0.3) is 0 Å².